The number of aryl methyl sites for hydroxylation is 2. The number of nitrogen functional groups attached to an aromatic ring is 1. The number of hydrogen-bond acceptors (Lipinski definition) is 4. The zero-order chi connectivity index (χ0) is 15.0. The van der Waals surface area contributed by atoms with Crippen LogP contribution in [0.5, 0.6) is 5.75 Å². The maximum atomic E-state index is 6.10. The van der Waals surface area contributed by atoms with Crippen LogP contribution < -0.4 is 10.5 Å². The third kappa shape index (κ3) is 2.40. The molecule has 0 bridgehead atoms. The van der Waals surface area contributed by atoms with Gasteiger partial charge in [0.05, 0.1) is 12.6 Å². The Morgan fingerprint density at radius 2 is 1.81 bits per heavy atom. The van der Waals surface area contributed by atoms with E-state index in [1.165, 1.54) is 5.56 Å². The van der Waals surface area contributed by atoms with E-state index in [2.05, 4.69) is 35.1 Å². The van der Waals surface area contributed by atoms with Gasteiger partial charge < -0.3 is 10.5 Å². The molecule has 4 heteroatoms. The van der Waals surface area contributed by atoms with Crippen LogP contribution in [0.4, 0.5) is 5.82 Å². The Morgan fingerprint density at radius 1 is 1.00 bits per heavy atom. The van der Waals surface area contributed by atoms with Crippen LogP contribution in [-0.2, 0) is 0 Å². The molecule has 1 aromatic heterocycles. The molecule has 2 aromatic carbocycles. The highest BCUT2D eigenvalue weighted by Crippen LogP contribution is 2.28. The lowest BCUT2D eigenvalue weighted by Crippen LogP contribution is -1.99. The second kappa shape index (κ2) is 5.05. The van der Waals surface area contributed by atoms with Crippen LogP contribution in [-0.4, -0.2) is 17.1 Å². The van der Waals surface area contributed by atoms with Gasteiger partial charge in [0.2, 0.25) is 0 Å². The molecule has 0 radical (unpaired) electrons. The standard InChI is InChI=1S/C17H17N3O/c1-10-4-5-11(2)13(8-10)17-19-15-7-6-12(21-3)9-14(15)16(18)20-17/h4-9H,1-3H3,(H2,18,19,20). The van der Waals surface area contributed by atoms with Crippen LogP contribution in [0.15, 0.2) is 36.4 Å². The number of fused-ring (bicyclic) bond motifs is 1. The van der Waals surface area contributed by atoms with Gasteiger partial charge in [-0.25, -0.2) is 9.97 Å². The fourth-order valence-corrected chi connectivity index (χ4v) is 2.36. The van der Waals surface area contributed by atoms with Crippen molar-refractivity contribution in [2.75, 3.05) is 12.8 Å². The van der Waals surface area contributed by atoms with Gasteiger partial charge in [0.1, 0.15) is 11.6 Å². The molecule has 0 saturated heterocycles. The molecule has 0 atom stereocenters. The maximum Gasteiger partial charge on any atom is 0.162 e. The highest BCUT2D eigenvalue weighted by atomic mass is 16.5. The molecule has 2 N–H and O–H groups in total. The van der Waals surface area contributed by atoms with Gasteiger partial charge in [-0.15, -0.1) is 0 Å². The van der Waals surface area contributed by atoms with Crippen molar-refractivity contribution in [1.29, 1.82) is 0 Å². The first-order valence-corrected chi connectivity index (χ1v) is 6.77. The predicted octanol–water partition coefficient (Wildman–Crippen LogP) is 3.50. The SMILES string of the molecule is COc1ccc2nc(-c3cc(C)ccc3C)nc(N)c2c1. The lowest BCUT2D eigenvalue weighted by atomic mass is 10.0. The summed E-state index contributed by atoms with van der Waals surface area (Å²) < 4.78 is 5.22. The molecular weight excluding hydrogens is 262 g/mol. The normalized spacial score (nSPS) is 10.8. The minimum Gasteiger partial charge on any atom is -0.497 e. The summed E-state index contributed by atoms with van der Waals surface area (Å²) in [6.07, 6.45) is 0. The zero-order valence-electron chi connectivity index (χ0n) is 12.3. The van der Waals surface area contributed by atoms with E-state index in [1.54, 1.807) is 7.11 Å². The van der Waals surface area contributed by atoms with Crippen molar-refractivity contribution in [2.45, 2.75) is 13.8 Å². The lowest BCUT2D eigenvalue weighted by Gasteiger charge is -2.09. The summed E-state index contributed by atoms with van der Waals surface area (Å²) in [7, 11) is 1.63. The number of methoxy groups -OCH3 is 1. The number of nitrogens with two attached hydrogens (primary N) is 1. The second-order valence-corrected chi connectivity index (χ2v) is 5.13. The Balaban J connectivity index is 2.23. The van der Waals surface area contributed by atoms with Crippen molar-refractivity contribution in [1.82, 2.24) is 9.97 Å². The average molecular weight is 279 g/mol. The number of ether oxygens (including phenoxy) is 1. The molecule has 0 saturated carbocycles. The van der Waals surface area contributed by atoms with Crippen molar-refractivity contribution in [3.63, 3.8) is 0 Å². The van der Waals surface area contributed by atoms with E-state index >= 15 is 0 Å². The van der Waals surface area contributed by atoms with Gasteiger partial charge in [0.25, 0.3) is 0 Å². The van der Waals surface area contributed by atoms with E-state index in [9.17, 15) is 0 Å². The fourth-order valence-electron chi connectivity index (χ4n) is 2.36. The van der Waals surface area contributed by atoms with E-state index in [0.717, 1.165) is 27.8 Å². The summed E-state index contributed by atoms with van der Waals surface area (Å²) in [5.74, 6) is 1.87. The molecule has 0 aliphatic carbocycles. The average Bonchev–Trinajstić information content (AvgIpc) is 2.49. The molecule has 0 aliphatic rings. The Kier molecular flexibility index (Phi) is 3.22. The molecule has 1 heterocycles. The Hall–Kier alpha value is -2.62. The highest BCUT2D eigenvalue weighted by Gasteiger charge is 2.10. The highest BCUT2D eigenvalue weighted by molar-refractivity contribution is 5.90. The zero-order valence-corrected chi connectivity index (χ0v) is 12.3. The van der Waals surface area contributed by atoms with Gasteiger partial charge in [-0.1, -0.05) is 17.7 Å². The van der Waals surface area contributed by atoms with E-state index in [1.807, 2.05) is 25.1 Å². The predicted molar refractivity (Wildman–Crippen MR) is 85.4 cm³/mol. The van der Waals surface area contributed by atoms with Crippen molar-refractivity contribution >= 4 is 16.7 Å². The Morgan fingerprint density at radius 3 is 2.57 bits per heavy atom. The van der Waals surface area contributed by atoms with Crippen molar-refractivity contribution in [3.05, 3.63) is 47.5 Å². The molecule has 0 fully saturated rings. The number of hydrogen-bond donors (Lipinski definition) is 1. The van der Waals surface area contributed by atoms with Crippen LogP contribution in [0, 0.1) is 13.8 Å². The number of nitrogens with zero attached hydrogens (tertiary/aromatic N) is 2. The molecule has 4 nitrogen and oxygen atoms in total. The van der Waals surface area contributed by atoms with Gasteiger partial charge in [0, 0.05) is 10.9 Å². The smallest absolute Gasteiger partial charge is 0.162 e. The number of rotatable bonds is 2. The van der Waals surface area contributed by atoms with Crippen molar-refractivity contribution in [3.8, 4) is 17.1 Å². The first-order valence-electron chi connectivity index (χ1n) is 6.77. The number of benzene rings is 2. The molecule has 21 heavy (non-hydrogen) atoms. The maximum absolute atomic E-state index is 6.10. The Bertz CT molecular complexity index is 828. The van der Waals surface area contributed by atoms with Gasteiger partial charge in [0.15, 0.2) is 5.82 Å². The van der Waals surface area contributed by atoms with Crippen LogP contribution in [0.3, 0.4) is 0 Å². The third-order valence-corrected chi connectivity index (χ3v) is 3.57. The minimum atomic E-state index is 0.467. The first kappa shape index (κ1) is 13.4. The van der Waals surface area contributed by atoms with Gasteiger partial charge >= 0.3 is 0 Å². The molecule has 0 aliphatic heterocycles. The molecule has 3 rings (SSSR count). The van der Waals surface area contributed by atoms with E-state index < -0.39 is 0 Å². The fraction of sp³-hybridized carbons (Fsp3) is 0.176. The molecule has 3 aromatic rings. The molecule has 106 valence electrons. The Labute approximate surface area is 123 Å². The van der Waals surface area contributed by atoms with Gasteiger partial charge in [-0.05, 0) is 43.7 Å². The van der Waals surface area contributed by atoms with Gasteiger partial charge in [-0.2, -0.15) is 0 Å². The van der Waals surface area contributed by atoms with Crippen LogP contribution in [0.25, 0.3) is 22.3 Å². The summed E-state index contributed by atoms with van der Waals surface area (Å²) in [6, 6.07) is 11.9. The van der Waals surface area contributed by atoms with Crippen molar-refractivity contribution in [2.24, 2.45) is 0 Å². The van der Waals surface area contributed by atoms with Crippen LogP contribution in [0.2, 0.25) is 0 Å². The summed E-state index contributed by atoms with van der Waals surface area (Å²) in [6.45, 7) is 4.10. The summed E-state index contributed by atoms with van der Waals surface area (Å²) >= 11 is 0. The van der Waals surface area contributed by atoms with Crippen LogP contribution in [0.1, 0.15) is 11.1 Å². The molecule has 0 unspecified atom stereocenters. The topological polar surface area (TPSA) is 61.0 Å². The number of anilines is 1. The summed E-state index contributed by atoms with van der Waals surface area (Å²) in [4.78, 5) is 9.10. The summed E-state index contributed by atoms with van der Waals surface area (Å²) in [5.41, 5.74) is 10.2. The van der Waals surface area contributed by atoms with Crippen LogP contribution >= 0.6 is 0 Å². The van der Waals surface area contributed by atoms with E-state index in [-0.39, 0.29) is 0 Å². The molecule has 0 spiro atoms. The van der Waals surface area contributed by atoms with Crippen molar-refractivity contribution < 1.29 is 4.74 Å². The quantitative estimate of drug-likeness (QED) is 0.780. The molecular formula is C17H17N3O. The second-order valence-electron chi connectivity index (χ2n) is 5.13. The van der Waals surface area contributed by atoms with Gasteiger partial charge in [-0.3, -0.25) is 0 Å². The molecule has 0 amide bonds. The lowest BCUT2D eigenvalue weighted by molar-refractivity contribution is 0.415. The largest absolute Gasteiger partial charge is 0.497 e. The monoisotopic (exact) mass is 279 g/mol. The third-order valence-electron chi connectivity index (χ3n) is 3.57. The number of aromatic nitrogens is 2. The van der Waals surface area contributed by atoms with E-state index in [4.69, 9.17) is 10.5 Å². The first-order chi connectivity index (χ1) is 10.1. The van der Waals surface area contributed by atoms with E-state index in [0.29, 0.717) is 11.6 Å². The summed E-state index contributed by atoms with van der Waals surface area (Å²) in [5, 5.41) is 0.809. The minimum absolute atomic E-state index is 0.467.